The van der Waals surface area contributed by atoms with Gasteiger partial charge in [0, 0.05) is 26.4 Å². The largest absolute Gasteiger partial charge is 0.356 e. The molecule has 0 spiro atoms. The Morgan fingerprint density at radius 2 is 1.77 bits per heavy atom. The van der Waals surface area contributed by atoms with Gasteiger partial charge in [-0.1, -0.05) is 31.2 Å². The first-order chi connectivity index (χ1) is 10.4. The van der Waals surface area contributed by atoms with Crippen LogP contribution in [0.2, 0.25) is 0 Å². The zero-order valence-electron chi connectivity index (χ0n) is 14.0. The van der Waals surface area contributed by atoms with Crippen LogP contribution in [0.25, 0.3) is 0 Å². The van der Waals surface area contributed by atoms with Crippen molar-refractivity contribution in [3.8, 4) is 0 Å². The maximum Gasteiger partial charge on any atom is 0.221 e. The van der Waals surface area contributed by atoms with Crippen molar-refractivity contribution in [3.05, 3.63) is 35.4 Å². The maximum atomic E-state index is 11.8. The lowest BCUT2D eigenvalue weighted by Gasteiger charge is -2.25. The van der Waals surface area contributed by atoms with E-state index in [0.29, 0.717) is 19.5 Å². The van der Waals surface area contributed by atoms with Crippen molar-refractivity contribution in [2.24, 2.45) is 0 Å². The normalized spacial score (nSPS) is 12.0. The van der Waals surface area contributed by atoms with Gasteiger partial charge in [0.05, 0.1) is 6.04 Å². The molecule has 0 bridgehead atoms. The van der Waals surface area contributed by atoms with E-state index in [-0.39, 0.29) is 17.9 Å². The van der Waals surface area contributed by atoms with Gasteiger partial charge in [-0.05, 0) is 31.6 Å². The third kappa shape index (κ3) is 6.26. The van der Waals surface area contributed by atoms with Gasteiger partial charge in [-0.15, -0.1) is 0 Å². The molecular weight excluding hydrogens is 278 g/mol. The van der Waals surface area contributed by atoms with Crippen molar-refractivity contribution >= 4 is 11.8 Å². The molecule has 0 fully saturated rings. The minimum absolute atomic E-state index is 0.0502. The van der Waals surface area contributed by atoms with Crippen LogP contribution < -0.4 is 10.6 Å². The Labute approximate surface area is 133 Å². The number of nitrogens with zero attached hydrogens (tertiary/aromatic N) is 1. The molecule has 1 aromatic rings. The zero-order valence-corrected chi connectivity index (χ0v) is 14.0. The highest BCUT2D eigenvalue weighted by Crippen LogP contribution is 2.18. The molecule has 0 aliphatic carbocycles. The van der Waals surface area contributed by atoms with Crippen molar-refractivity contribution in [2.45, 2.75) is 32.7 Å². The lowest BCUT2D eigenvalue weighted by Crippen LogP contribution is -2.36. The number of carbonyl (C=O) groups excluding carboxylic acids is 2. The molecular formula is C17H27N3O2. The quantitative estimate of drug-likeness (QED) is 0.765. The fourth-order valence-electron chi connectivity index (χ4n) is 2.23. The summed E-state index contributed by atoms with van der Waals surface area (Å²) in [4.78, 5) is 24.7. The van der Waals surface area contributed by atoms with E-state index in [0.717, 1.165) is 6.42 Å². The van der Waals surface area contributed by atoms with Gasteiger partial charge in [-0.25, -0.2) is 0 Å². The van der Waals surface area contributed by atoms with E-state index in [2.05, 4.69) is 46.7 Å². The SMILES string of the molecule is CCc1ccc(C(CNC(=O)CCNC(C)=O)N(C)C)cc1. The summed E-state index contributed by atoms with van der Waals surface area (Å²) < 4.78 is 0. The van der Waals surface area contributed by atoms with Crippen LogP contribution in [0.15, 0.2) is 24.3 Å². The molecule has 1 atom stereocenters. The third-order valence-electron chi connectivity index (χ3n) is 3.61. The molecule has 122 valence electrons. The first-order valence-corrected chi connectivity index (χ1v) is 7.70. The minimum Gasteiger partial charge on any atom is -0.356 e. The number of hydrogen-bond donors (Lipinski definition) is 2. The van der Waals surface area contributed by atoms with Crippen LogP contribution in [-0.2, 0) is 16.0 Å². The number of hydrogen-bond acceptors (Lipinski definition) is 3. The predicted octanol–water partition coefficient (Wildman–Crippen LogP) is 1.49. The molecule has 1 unspecified atom stereocenters. The van der Waals surface area contributed by atoms with Gasteiger partial charge in [0.15, 0.2) is 0 Å². The summed E-state index contributed by atoms with van der Waals surface area (Å²) >= 11 is 0. The molecule has 0 heterocycles. The first kappa shape index (κ1) is 18.2. The summed E-state index contributed by atoms with van der Waals surface area (Å²) in [6.45, 7) is 4.50. The van der Waals surface area contributed by atoms with Crippen LogP contribution in [-0.4, -0.2) is 43.9 Å². The van der Waals surface area contributed by atoms with Crippen molar-refractivity contribution in [2.75, 3.05) is 27.2 Å². The molecule has 0 radical (unpaired) electrons. The number of rotatable bonds is 8. The Morgan fingerprint density at radius 1 is 1.14 bits per heavy atom. The third-order valence-corrected chi connectivity index (χ3v) is 3.61. The molecule has 22 heavy (non-hydrogen) atoms. The van der Waals surface area contributed by atoms with E-state index >= 15 is 0 Å². The predicted molar refractivity (Wildman–Crippen MR) is 88.6 cm³/mol. The highest BCUT2D eigenvalue weighted by molar-refractivity contribution is 5.77. The molecule has 0 aromatic heterocycles. The Bertz CT molecular complexity index is 483. The fraction of sp³-hybridized carbons (Fsp3) is 0.529. The van der Waals surface area contributed by atoms with E-state index in [9.17, 15) is 9.59 Å². The standard InChI is InChI=1S/C17H27N3O2/c1-5-14-6-8-15(9-7-14)16(20(3)4)12-19-17(22)10-11-18-13(2)21/h6-9,16H,5,10-12H2,1-4H3,(H,18,21)(H,19,22). The number of aryl methyl sites for hydroxylation is 1. The summed E-state index contributed by atoms with van der Waals surface area (Å²) in [5.41, 5.74) is 2.49. The molecule has 2 N–H and O–H groups in total. The highest BCUT2D eigenvalue weighted by atomic mass is 16.2. The number of likely N-dealkylation sites (N-methyl/N-ethyl adjacent to an activating group) is 1. The average molecular weight is 305 g/mol. The van der Waals surface area contributed by atoms with Crippen LogP contribution in [0, 0.1) is 0 Å². The second kappa shape index (κ2) is 9.20. The summed E-state index contributed by atoms with van der Waals surface area (Å²) in [7, 11) is 4.00. The lowest BCUT2D eigenvalue weighted by atomic mass is 10.0. The topological polar surface area (TPSA) is 61.4 Å². The fourth-order valence-corrected chi connectivity index (χ4v) is 2.23. The Morgan fingerprint density at radius 3 is 2.27 bits per heavy atom. The smallest absolute Gasteiger partial charge is 0.221 e. The number of amides is 2. The minimum atomic E-state index is -0.116. The monoisotopic (exact) mass is 305 g/mol. The van der Waals surface area contributed by atoms with Crippen LogP contribution in [0.4, 0.5) is 0 Å². The zero-order chi connectivity index (χ0) is 16.5. The van der Waals surface area contributed by atoms with Crippen molar-refractivity contribution in [1.29, 1.82) is 0 Å². The second-order valence-electron chi connectivity index (χ2n) is 5.61. The summed E-state index contributed by atoms with van der Waals surface area (Å²) in [6, 6.07) is 8.63. The number of carbonyl (C=O) groups is 2. The van der Waals surface area contributed by atoms with Crippen molar-refractivity contribution in [3.63, 3.8) is 0 Å². The molecule has 0 saturated carbocycles. The van der Waals surface area contributed by atoms with E-state index in [1.807, 2.05) is 14.1 Å². The van der Waals surface area contributed by atoms with E-state index in [4.69, 9.17) is 0 Å². The summed E-state index contributed by atoms with van der Waals surface area (Å²) in [5, 5.41) is 5.55. The van der Waals surface area contributed by atoms with Crippen LogP contribution in [0.5, 0.6) is 0 Å². The average Bonchev–Trinajstić information content (AvgIpc) is 2.47. The Balaban J connectivity index is 2.53. The lowest BCUT2D eigenvalue weighted by molar-refractivity contribution is -0.121. The van der Waals surface area contributed by atoms with Gasteiger partial charge < -0.3 is 15.5 Å². The molecule has 1 aromatic carbocycles. The van der Waals surface area contributed by atoms with Gasteiger partial charge >= 0.3 is 0 Å². The maximum absolute atomic E-state index is 11.8. The highest BCUT2D eigenvalue weighted by Gasteiger charge is 2.15. The number of nitrogens with one attached hydrogen (secondary N) is 2. The molecule has 0 saturated heterocycles. The van der Waals surface area contributed by atoms with Crippen LogP contribution in [0.1, 0.15) is 37.4 Å². The molecule has 5 heteroatoms. The molecule has 0 aliphatic rings. The summed E-state index contributed by atoms with van der Waals surface area (Å²) in [6.07, 6.45) is 1.32. The van der Waals surface area contributed by atoms with Gasteiger partial charge in [0.1, 0.15) is 0 Å². The van der Waals surface area contributed by atoms with Gasteiger partial charge in [-0.2, -0.15) is 0 Å². The van der Waals surface area contributed by atoms with E-state index in [1.54, 1.807) is 0 Å². The molecule has 0 aliphatic heterocycles. The Hall–Kier alpha value is -1.88. The van der Waals surface area contributed by atoms with Crippen molar-refractivity contribution < 1.29 is 9.59 Å². The van der Waals surface area contributed by atoms with Gasteiger partial charge in [0.2, 0.25) is 11.8 Å². The first-order valence-electron chi connectivity index (χ1n) is 7.70. The van der Waals surface area contributed by atoms with Gasteiger partial charge in [-0.3, -0.25) is 9.59 Å². The summed E-state index contributed by atoms with van der Waals surface area (Å²) in [5.74, 6) is -0.166. The Kier molecular flexibility index (Phi) is 7.60. The second-order valence-corrected chi connectivity index (χ2v) is 5.61. The number of benzene rings is 1. The molecule has 2 amide bonds. The van der Waals surface area contributed by atoms with Crippen LogP contribution >= 0.6 is 0 Å². The molecule has 1 rings (SSSR count). The van der Waals surface area contributed by atoms with Gasteiger partial charge in [0.25, 0.3) is 0 Å². The molecule has 5 nitrogen and oxygen atoms in total. The van der Waals surface area contributed by atoms with Crippen LogP contribution in [0.3, 0.4) is 0 Å². The van der Waals surface area contributed by atoms with E-state index < -0.39 is 0 Å². The van der Waals surface area contributed by atoms with E-state index in [1.165, 1.54) is 18.1 Å². The van der Waals surface area contributed by atoms with Crippen molar-refractivity contribution in [1.82, 2.24) is 15.5 Å².